The van der Waals surface area contributed by atoms with E-state index in [0.717, 1.165) is 10.8 Å². The Balaban J connectivity index is 1.97. The number of rotatable bonds is 3. The summed E-state index contributed by atoms with van der Waals surface area (Å²) in [7, 11) is -3.65. The lowest BCUT2D eigenvalue weighted by atomic mass is 10.1. The Hall–Kier alpha value is -2.60. The van der Waals surface area contributed by atoms with E-state index in [9.17, 15) is 8.42 Å². The van der Waals surface area contributed by atoms with Gasteiger partial charge in [0.05, 0.1) is 16.8 Å². The molecular formula is C15H13N3O2S. The standard InChI is InChI=1S/C15H13N3O2S/c16-15-8-6-13(10-17-15)18-21(19,20)14-7-5-11-3-1-2-4-12(11)9-14/h1-10,18H,(H2,16,17). The third kappa shape index (κ3) is 2.80. The molecule has 3 rings (SSSR count). The van der Waals surface area contributed by atoms with E-state index < -0.39 is 10.0 Å². The Morgan fingerprint density at radius 1 is 0.952 bits per heavy atom. The summed E-state index contributed by atoms with van der Waals surface area (Å²) in [5, 5.41) is 1.86. The van der Waals surface area contributed by atoms with Crippen molar-refractivity contribution < 1.29 is 8.42 Å². The molecular weight excluding hydrogens is 286 g/mol. The predicted molar refractivity (Wildman–Crippen MR) is 83.4 cm³/mol. The normalized spacial score (nSPS) is 11.4. The van der Waals surface area contributed by atoms with Gasteiger partial charge in [-0.25, -0.2) is 13.4 Å². The third-order valence-corrected chi connectivity index (χ3v) is 4.45. The van der Waals surface area contributed by atoms with Crippen molar-refractivity contribution >= 4 is 32.3 Å². The fourth-order valence-electron chi connectivity index (χ4n) is 2.01. The molecule has 106 valence electrons. The van der Waals surface area contributed by atoms with Crippen molar-refractivity contribution in [2.45, 2.75) is 4.90 Å². The molecule has 0 amide bonds. The third-order valence-electron chi connectivity index (χ3n) is 3.07. The van der Waals surface area contributed by atoms with Gasteiger partial charge >= 0.3 is 0 Å². The first-order chi connectivity index (χ1) is 10.0. The number of hydrogen-bond acceptors (Lipinski definition) is 4. The van der Waals surface area contributed by atoms with Crippen molar-refractivity contribution in [3.63, 3.8) is 0 Å². The molecule has 0 radical (unpaired) electrons. The van der Waals surface area contributed by atoms with Crippen LogP contribution in [0.2, 0.25) is 0 Å². The molecule has 0 spiro atoms. The molecule has 0 atom stereocenters. The molecule has 6 heteroatoms. The van der Waals surface area contributed by atoms with Gasteiger partial charge in [-0.3, -0.25) is 4.72 Å². The molecule has 21 heavy (non-hydrogen) atoms. The van der Waals surface area contributed by atoms with Gasteiger partial charge in [0.1, 0.15) is 5.82 Å². The number of aromatic nitrogens is 1. The maximum absolute atomic E-state index is 12.4. The van der Waals surface area contributed by atoms with Gasteiger partial charge in [-0.05, 0) is 35.0 Å². The first kappa shape index (κ1) is 13.4. The second-order valence-corrected chi connectivity index (χ2v) is 6.27. The molecule has 0 fully saturated rings. The number of anilines is 2. The van der Waals surface area contributed by atoms with E-state index in [0.29, 0.717) is 11.5 Å². The molecule has 0 aliphatic heterocycles. The molecule has 0 aliphatic rings. The summed E-state index contributed by atoms with van der Waals surface area (Å²) in [6.07, 6.45) is 1.38. The van der Waals surface area contributed by atoms with Crippen LogP contribution in [-0.4, -0.2) is 13.4 Å². The van der Waals surface area contributed by atoms with Crippen molar-refractivity contribution in [1.82, 2.24) is 4.98 Å². The molecule has 3 aromatic rings. The van der Waals surface area contributed by atoms with Crippen LogP contribution in [0, 0.1) is 0 Å². The molecule has 2 aromatic carbocycles. The van der Waals surface area contributed by atoms with Crippen LogP contribution in [0.25, 0.3) is 10.8 Å². The zero-order valence-corrected chi connectivity index (χ0v) is 11.8. The number of nitrogen functional groups attached to an aromatic ring is 1. The Kier molecular flexibility index (Phi) is 3.23. The van der Waals surface area contributed by atoms with Gasteiger partial charge in [-0.2, -0.15) is 0 Å². The number of pyridine rings is 1. The second-order valence-electron chi connectivity index (χ2n) is 4.59. The summed E-state index contributed by atoms with van der Waals surface area (Å²) in [6, 6.07) is 15.7. The van der Waals surface area contributed by atoms with Crippen molar-refractivity contribution in [2.75, 3.05) is 10.5 Å². The topological polar surface area (TPSA) is 85.1 Å². The Morgan fingerprint density at radius 2 is 1.71 bits per heavy atom. The quantitative estimate of drug-likeness (QED) is 0.778. The van der Waals surface area contributed by atoms with Crippen molar-refractivity contribution in [1.29, 1.82) is 0 Å². The number of nitrogens with zero attached hydrogens (tertiary/aromatic N) is 1. The summed E-state index contributed by atoms with van der Waals surface area (Å²) < 4.78 is 27.2. The lowest BCUT2D eigenvalue weighted by molar-refractivity contribution is 0.601. The summed E-state index contributed by atoms with van der Waals surface area (Å²) in [5.41, 5.74) is 5.85. The Morgan fingerprint density at radius 3 is 2.43 bits per heavy atom. The number of nitrogens with one attached hydrogen (secondary N) is 1. The van der Waals surface area contributed by atoms with Crippen molar-refractivity contribution in [2.24, 2.45) is 0 Å². The lowest BCUT2D eigenvalue weighted by Gasteiger charge is -2.08. The van der Waals surface area contributed by atoms with Crippen LogP contribution in [0.15, 0.2) is 65.7 Å². The Labute approximate surface area is 122 Å². The predicted octanol–water partition coefficient (Wildman–Crippen LogP) is 2.62. The molecule has 0 bridgehead atoms. The molecule has 0 saturated heterocycles. The minimum Gasteiger partial charge on any atom is -0.384 e. The zero-order chi connectivity index (χ0) is 14.9. The minimum absolute atomic E-state index is 0.207. The summed E-state index contributed by atoms with van der Waals surface area (Å²) in [6.45, 7) is 0. The number of sulfonamides is 1. The second kappa shape index (κ2) is 5.06. The first-order valence-corrected chi connectivity index (χ1v) is 7.76. The van der Waals surface area contributed by atoms with Crippen LogP contribution in [-0.2, 0) is 10.0 Å². The van der Waals surface area contributed by atoms with E-state index in [-0.39, 0.29) is 4.90 Å². The largest absolute Gasteiger partial charge is 0.384 e. The van der Waals surface area contributed by atoms with Gasteiger partial charge in [-0.1, -0.05) is 30.3 Å². The molecule has 1 aromatic heterocycles. The highest BCUT2D eigenvalue weighted by Gasteiger charge is 2.14. The molecule has 0 aliphatic carbocycles. The molecule has 0 unspecified atom stereocenters. The highest BCUT2D eigenvalue weighted by molar-refractivity contribution is 7.92. The van der Waals surface area contributed by atoms with Gasteiger partial charge in [0.25, 0.3) is 10.0 Å². The van der Waals surface area contributed by atoms with E-state index >= 15 is 0 Å². The number of benzene rings is 2. The molecule has 0 saturated carbocycles. The van der Waals surface area contributed by atoms with Crippen LogP contribution < -0.4 is 10.5 Å². The minimum atomic E-state index is -3.65. The average molecular weight is 299 g/mol. The van der Waals surface area contributed by atoms with Crippen LogP contribution >= 0.6 is 0 Å². The van der Waals surface area contributed by atoms with Crippen LogP contribution in [0.4, 0.5) is 11.5 Å². The maximum atomic E-state index is 12.4. The van der Waals surface area contributed by atoms with Crippen LogP contribution in [0.5, 0.6) is 0 Å². The fourth-order valence-corrected chi connectivity index (χ4v) is 3.09. The maximum Gasteiger partial charge on any atom is 0.261 e. The molecule has 3 N–H and O–H groups in total. The van der Waals surface area contributed by atoms with Gasteiger partial charge < -0.3 is 5.73 Å². The average Bonchev–Trinajstić information content (AvgIpc) is 2.49. The highest BCUT2D eigenvalue weighted by Crippen LogP contribution is 2.21. The van der Waals surface area contributed by atoms with Crippen molar-refractivity contribution in [3.05, 3.63) is 60.8 Å². The van der Waals surface area contributed by atoms with E-state index in [1.807, 2.05) is 24.3 Å². The van der Waals surface area contributed by atoms with Crippen LogP contribution in [0.1, 0.15) is 0 Å². The summed E-state index contributed by atoms with van der Waals surface area (Å²) >= 11 is 0. The number of fused-ring (bicyclic) bond motifs is 1. The van der Waals surface area contributed by atoms with Gasteiger partial charge in [0, 0.05) is 0 Å². The van der Waals surface area contributed by atoms with E-state index in [1.54, 1.807) is 24.3 Å². The Bertz CT molecular complexity index is 890. The van der Waals surface area contributed by atoms with Gasteiger partial charge in [0.15, 0.2) is 0 Å². The SMILES string of the molecule is Nc1ccc(NS(=O)(=O)c2ccc3ccccc3c2)cn1. The highest BCUT2D eigenvalue weighted by atomic mass is 32.2. The monoisotopic (exact) mass is 299 g/mol. The number of nitrogens with two attached hydrogens (primary N) is 1. The van der Waals surface area contributed by atoms with Crippen molar-refractivity contribution in [3.8, 4) is 0 Å². The smallest absolute Gasteiger partial charge is 0.261 e. The van der Waals surface area contributed by atoms with Gasteiger partial charge in [-0.15, -0.1) is 0 Å². The first-order valence-electron chi connectivity index (χ1n) is 6.28. The van der Waals surface area contributed by atoms with Gasteiger partial charge in [0.2, 0.25) is 0 Å². The zero-order valence-electron chi connectivity index (χ0n) is 11.0. The van der Waals surface area contributed by atoms with E-state index in [1.165, 1.54) is 12.3 Å². The van der Waals surface area contributed by atoms with Crippen LogP contribution in [0.3, 0.4) is 0 Å². The summed E-state index contributed by atoms with van der Waals surface area (Å²) in [4.78, 5) is 4.06. The van der Waals surface area contributed by atoms with E-state index in [2.05, 4.69) is 9.71 Å². The summed E-state index contributed by atoms with van der Waals surface area (Å²) in [5.74, 6) is 0.337. The number of hydrogen-bond donors (Lipinski definition) is 2. The lowest BCUT2D eigenvalue weighted by Crippen LogP contribution is -2.13. The molecule has 5 nitrogen and oxygen atoms in total. The van der Waals surface area contributed by atoms with E-state index in [4.69, 9.17) is 5.73 Å². The fraction of sp³-hybridized carbons (Fsp3) is 0. The molecule has 1 heterocycles.